The van der Waals surface area contributed by atoms with Gasteiger partial charge in [0.1, 0.15) is 5.92 Å². The smallest absolute Gasteiger partial charge is 0.318 e. The molecule has 0 spiro atoms. The number of hydrogen-bond donors (Lipinski definition) is 1. The molecule has 5 nitrogen and oxygen atoms in total. The minimum atomic E-state index is -0.982. The number of nitrogens with zero attached hydrogens (tertiary/aromatic N) is 1. The molecule has 1 amide bonds. The van der Waals surface area contributed by atoms with Gasteiger partial charge >= 0.3 is 5.97 Å². The largest absolute Gasteiger partial charge is 0.455 e. The van der Waals surface area contributed by atoms with Crippen LogP contribution in [0.5, 0.6) is 0 Å². The summed E-state index contributed by atoms with van der Waals surface area (Å²) in [7, 11) is 0. The Bertz CT molecular complexity index is 1220. The molecule has 1 aromatic heterocycles. The highest BCUT2D eigenvalue weighted by Gasteiger charge is 2.25. The number of nitrogens with one attached hydrogen (secondary N) is 1. The Hall–Kier alpha value is -3.91. The molecule has 0 radical (unpaired) electrons. The second-order valence-electron chi connectivity index (χ2n) is 7.08. The van der Waals surface area contributed by atoms with Gasteiger partial charge in [-0.25, -0.2) is 13.8 Å². The van der Waals surface area contributed by atoms with Crippen molar-refractivity contribution in [3.8, 4) is 11.3 Å². The fourth-order valence-corrected chi connectivity index (χ4v) is 3.99. The van der Waals surface area contributed by atoms with Crippen LogP contribution in [0.3, 0.4) is 0 Å². The summed E-state index contributed by atoms with van der Waals surface area (Å²) in [5, 5.41) is 4.41. The first-order valence-electron chi connectivity index (χ1n) is 9.98. The normalized spacial score (nSPS) is 10.8. The minimum Gasteiger partial charge on any atom is -0.455 e. The zero-order valence-electron chi connectivity index (χ0n) is 17.2. The van der Waals surface area contributed by atoms with Crippen LogP contribution in [0.15, 0.2) is 84.2 Å². The lowest BCUT2D eigenvalue weighted by molar-refractivity contribution is -0.147. The number of rotatable bonds is 7. The van der Waals surface area contributed by atoms with Gasteiger partial charge in [0, 0.05) is 10.9 Å². The molecule has 0 saturated heterocycles. The van der Waals surface area contributed by atoms with E-state index >= 15 is 0 Å². The van der Waals surface area contributed by atoms with Crippen LogP contribution in [0.4, 0.5) is 13.9 Å². The molecule has 0 atom stereocenters. The van der Waals surface area contributed by atoms with Crippen LogP contribution in [0.2, 0.25) is 0 Å². The zero-order valence-corrected chi connectivity index (χ0v) is 18.0. The number of amides is 1. The zero-order chi connectivity index (χ0) is 23.2. The lowest BCUT2D eigenvalue weighted by Crippen LogP contribution is -2.24. The highest BCUT2D eigenvalue weighted by Crippen LogP contribution is 2.27. The van der Waals surface area contributed by atoms with Gasteiger partial charge in [0.2, 0.25) is 0 Å². The van der Waals surface area contributed by atoms with Crippen molar-refractivity contribution >= 4 is 28.3 Å². The van der Waals surface area contributed by atoms with E-state index in [4.69, 9.17) is 4.74 Å². The van der Waals surface area contributed by atoms with Gasteiger partial charge in [0.15, 0.2) is 23.4 Å². The van der Waals surface area contributed by atoms with Gasteiger partial charge in [0.25, 0.3) is 5.91 Å². The molecule has 0 aliphatic carbocycles. The molecule has 1 N–H and O–H groups in total. The average Bonchev–Trinajstić information content (AvgIpc) is 3.29. The Morgan fingerprint density at radius 3 is 2.15 bits per heavy atom. The van der Waals surface area contributed by atoms with E-state index in [1.54, 1.807) is 5.38 Å². The van der Waals surface area contributed by atoms with E-state index in [0.29, 0.717) is 11.3 Å². The lowest BCUT2D eigenvalue weighted by Gasteiger charge is -2.16. The van der Waals surface area contributed by atoms with Gasteiger partial charge in [-0.2, -0.15) is 0 Å². The SMILES string of the molecule is O=C(COC(=O)C(c1ccccc1)c1ccccc1)Nc1nc(-c2ccc(F)c(F)c2)cs1. The molecule has 0 fully saturated rings. The number of thiazole rings is 1. The molecular weight excluding hydrogens is 446 g/mol. The standard InChI is InChI=1S/C25H18F2N2O3S/c26-19-12-11-18(13-20(19)27)21-15-33-25(28-21)29-22(30)14-32-24(31)23(16-7-3-1-4-8-16)17-9-5-2-6-10-17/h1-13,15,23H,14H2,(H,28,29,30). The van der Waals surface area contributed by atoms with Crippen molar-refractivity contribution in [2.75, 3.05) is 11.9 Å². The van der Waals surface area contributed by atoms with Crippen LogP contribution in [0.1, 0.15) is 17.0 Å². The molecular formula is C25H18F2N2O3S. The summed E-state index contributed by atoms with van der Waals surface area (Å²) in [4.78, 5) is 29.4. The monoisotopic (exact) mass is 464 g/mol. The number of benzene rings is 3. The Balaban J connectivity index is 1.40. The van der Waals surface area contributed by atoms with E-state index in [2.05, 4.69) is 10.3 Å². The molecule has 166 valence electrons. The molecule has 3 aromatic carbocycles. The third-order valence-electron chi connectivity index (χ3n) is 4.81. The second kappa shape index (κ2) is 10.1. The predicted molar refractivity (Wildman–Crippen MR) is 122 cm³/mol. The predicted octanol–water partition coefficient (Wildman–Crippen LogP) is 5.40. The summed E-state index contributed by atoms with van der Waals surface area (Å²) >= 11 is 1.12. The van der Waals surface area contributed by atoms with Crippen molar-refractivity contribution in [3.63, 3.8) is 0 Å². The van der Waals surface area contributed by atoms with Crippen LogP contribution in [0.25, 0.3) is 11.3 Å². The van der Waals surface area contributed by atoms with Gasteiger partial charge < -0.3 is 4.74 Å². The minimum absolute atomic E-state index is 0.249. The first kappa shape index (κ1) is 22.3. The van der Waals surface area contributed by atoms with Crippen molar-refractivity contribution < 1.29 is 23.1 Å². The molecule has 4 rings (SSSR count). The molecule has 0 bridgehead atoms. The maximum absolute atomic E-state index is 13.5. The molecule has 4 aromatic rings. The molecule has 1 heterocycles. The number of ether oxygens (including phenoxy) is 1. The quantitative estimate of drug-likeness (QED) is 0.372. The van der Waals surface area contributed by atoms with Crippen molar-refractivity contribution in [2.45, 2.75) is 5.92 Å². The van der Waals surface area contributed by atoms with Crippen molar-refractivity contribution in [2.24, 2.45) is 0 Å². The molecule has 8 heteroatoms. The van der Waals surface area contributed by atoms with Crippen molar-refractivity contribution in [1.29, 1.82) is 0 Å². The highest BCUT2D eigenvalue weighted by molar-refractivity contribution is 7.14. The van der Waals surface area contributed by atoms with Crippen LogP contribution < -0.4 is 5.32 Å². The van der Waals surface area contributed by atoms with E-state index in [1.165, 1.54) is 6.07 Å². The van der Waals surface area contributed by atoms with Crippen LogP contribution in [0, 0.1) is 11.6 Å². The Kier molecular flexibility index (Phi) is 6.85. The Morgan fingerprint density at radius 1 is 0.909 bits per heavy atom. The van der Waals surface area contributed by atoms with Crippen LogP contribution in [-0.2, 0) is 14.3 Å². The molecule has 33 heavy (non-hydrogen) atoms. The maximum Gasteiger partial charge on any atom is 0.318 e. The number of halogens is 2. The fraction of sp³-hybridized carbons (Fsp3) is 0.0800. The first-order chi connectivity index (χ1) is 16.0. The number of hydrogen-bond acceptors (Lipinski definition) is 5. The van der Waals surface area contributed by atoms with Crippen LogP contribution in [-0.4, -0.2) is 23.5 Å². The second-order valence-corrected chi connectivity index (χ2v) is 7.94. The van der Waals surface area contributed by atoms with E-state index in [1.807, 2.05) is 60.7 Å². The van der Waals surface area contributed by atoms with E-state index in [-0.39, 0.29) is 5.13 Å². The topological polar surface area (TPSA) is 68.3 Å². The lowest BCUT2D eigenvalue weighted by atomic mass is 9.91. The number of aromatic nitrogens is 1. The van der Waals surface area contributed by atoms with Gasteiger partial charge in [-0.1, -0.05) is 60.7 Å². The van der Waals surface area contributed by atoms with Gasteiger partial charge in [-0.05, 0) is 29.3 Å². The third-order valence-corrected chi connectivity index (χ3v) is 5.57. The summed E-state index contributed by atoms with van der Waals surface area (Å²) in [6.07, 6.45) is 0. The third kappa shape index (κ3) is 5.48. The van der Waals surface area contributed by atoms with Gasteiger partial charge in [-0.15, -0.1) is 11.3 Å². The molecule has 0 aliphatic heterocycles. The fourth-order valence-electron chi connectivity index (χ4n) is 3.25. The number of esters is 1. The number of carbonyl (C=O) groups excluding carboxylic acids is 2. The van der Waals surface area contributed by atoms with Crippen LogP contribution >= 0.6 is 11.3 Å². The van der Waals surface area contributed by atoms with E-state index < -0.39 is 36.0 Å². The number of carbonyl (C=O) groups is 2. The van der Waals surface area contributed by atoms with Gasteiger partial charge in [-0.3, -0.25) is 14.9 Å². The molecule has 0 saturated carbocycles. The molecule has 0 unspecified atom stereocenters. The Labute approximate surface area is 192 Å². The average molecular weight is 464 g/mol. The Morgan fingerprint density at radius 2 is 1.55 bits per heavy atom. The van der Waals surface area contributed by atoms with Gasteiger partial charge in [0.05, 0.1) is 5.69 Å². The van der Waals surface area contributed by atoms with Crippen molar-refractivity contribution in [3.05, 3.63) is 107 Å². The number of anilines is 1. The first-order valence-corrected chi connectivity index (χ1v) is 10.9. The van der Waals surface area contributed by atoms with E-state index in [9.17, 15) is 18.4 Å². The van der Waals surface area contributed by atoms with Crippen molar-refractivity contribution in [1.82, 2.24) is 4.98 Å². The maximum atomic E-state index is 13.5. The van der Waals surface area contributed by atoms with E-state index in [0.717, 1.165) is 34.6 Å². The summed E-state index contributed by atoms with van der Waals surface area (Å²) in [6, 6.07) is 21.8. The summed E-state index contributed by atoms with van der Waals surface area (Å²) in [5.41, 5.74) is 2.28. The highest BCUT2D eigenvalue weighted by atomic mass is 32.1. The molecule has 0 aliphatic rings. The summed E-state index contributed by atoms with van der Waals surface area (Å²) < 4.78 is 31.9. The summed E-state index contributed by atoms with van der Waals surface area (Å²) in [6.45, 7) is -0.491. The summed E-state index contributed by atoms with van der Waals surface area (Å²) in [5.74, 6) is -3.71.